The number of amides is 1. The fourth-order valence-electron chi connectivity index (χ4n) is 2.97. The smallest absolute Gasteiger partial charge is 0.338 e. The zero-order chi connectivity index (χ0) is 23.8. The molecule has 9 heteroatoms. The van der Waals surface area contributed by atoms with E-state index in [9.17, 15) is 18.0 Å². The van der Waals surface area contributed by atoms with Crippen LogP contribution in [0.5, 0.6) is 5.75 Å². The monoisotopic (exact) mass is 468 g/mol. The summed E-state index contributed by atoms with van der Waals surface area (Å²) in [6.45, 7) is 1.72. The molecule has 0 atom stereocenters. The molecular formula is C24H24N2O6S. The Morgan fingerprint density at radius 3 is 2.36 bits per heavy atom. The third-order valence-corrected chi connectivity index (χ3v) is 6.42. The van der Waals surface area contributed by atoms with E-state index in [-0.39, 0.29) is 10.5 Å². The quantitative estimate of drug-likeness (QED) is 0.481. The topological polar surface area (TPSA) is 102 Å². The Hall–Kier alpha value is -3.85. The van der Waals surface area contributed by atoms with Crippen molar-refractivity contribution in [2.24, 2.45) is 0 Å². The van der Waals surface area contributed by atoms with Crippen LogP contribution >= 0.6 is 0 Å². The van der Waals surface area contributed by atoms with Crippen molar-refractivity contribution >= 4 is 33.3 Å². The molecule has 0 aliphatic rings. The van der Waals surface area contributed by atoms with Gasteiger partial charge in [0, 0.05) is 7.05 Å². The van der Waals surface area contributed by atoms with E-state index in [1.807, 2.05) is 6.92 Å². The maximum Gasteiger partial charge on any atom is 0.338 e. The maximum atomic E-state index is 13.0. The lowest BCUT2D eigenvalue weighted by atomic mass is 10.2. The molecule has 1 N–H and O–H groups in total. The standard InChI is InChI=1S/C24H24N2O6S/c1-3-31-22-15-8-7-14-21(22)25-23(27)17-32-24(28)18-10-9-13-20(16-18)33(29,30)26(2)19-11-5-4-6-12-19/h4-16H,3,17H2,1-2H3,(H,25,27). The minimum Gasteiger partial charge on any atom is -0.492 e. The first-order valence-electron chi connectivity index (χ1n) is 10.2. The largest absolute Gasteiger partial charge is 0.492 e. The van der Waals surface area contributed by atoms with Gasteiger partial charge in [-0.2, -0.15) is 0 Å². The molecule has 1 amide bonds. The van der Waals surface area contributed by atoms with Gasteiger partial charge >= 0.3 is 5.97 Å². The SMILES string of the molecule is CCOc1ccccc1NC(=O)COC(=O)c1cccc(S(=O)(=O)N(C)c2ccccc2)c1. The second-order valence-electron chi connectivity index (χ2n) is 6.89. The van der Waals surface area contributed by atoms with E-state index in [2.05, 4.69) is 5.32 Å². The van der Waals surface area contributed by atoms with Crippen LogP contribution in [0.2, 0.25) is 0 Å². The summed E-state index contributed by atoms with van der Waals surface area (Å²) >= 11 is 0. The van der Waals surface area contributed by atoms with E-state index in [0.29, 0.717) is 23.7 Å². The molecule has 3 aromatic rings. The Labute approximate surface area is 192 Å². The molecule has 0 unspecified atom stereocenters. The fourth-order valence-corrected chi connectivity index (χ4v) is 4.21. The maximum absolute atomic E-state index is 13.0. The minimum atomic E-state index is -3.90. The molecule has 0 bridgehead atoms. The first kappa shape index (κ1) is 23.8. The Morgan fingerprint density at radius 1 is 0.939 bits per heavy atom. The molecule has 0 spiro atoms. The van der Waals surface area contributed by atoms with Crippen molar-refractivity contribution < 1.29 is 27.5 Å². The number of anilines is 2. The molecular weight excluding hydrogens is 444 g/mol. The number of rotatable bonds is 9. The van der Waals surface area contributed by atoms with Crippen molar-refractivity contribution in [1.29, 1.82) is 0 Å². The number of hydrogen-bond acceptors (Lipinski definition) is 6. The van der Waals surface area contributed by atoms with E-state index in [1.54, 1.807) is 54.6 Å². The van der Waals surface area contributed by atoms with Gasteiger partial charge in [-0.25, -0.2) is 13.2 Å². The molecule has 0 aliphatic carbocycles. The number of hydrogen-bond donors (Lipinski definition) is 1. The highest BCUT2D eigenvalue weighted by molar-refractivity contribution is 7.92. The summed E-state index contributed by atoms with van der Waals surface area (Å²) in [7, 11) is -2.47. The number of benzene rings is 3. The lowest BCUT2D eigenvalue weighted by Gasteiger charge is -2.19. The number of esters is 1. The summed E-state index contributed by atoms with van der Waals surface area (Å²) in [5.74, 6) is -0.870. The van der Waals surface area contributed by atoms with Crippen molar-refractivity contribution in [2.45, 2.75) is 11.8 Å². The molecule has 3 aromatic carbocycles. The highest BCUT2D eigenvalue weighted by atomic mass is 32.2. The van der Waals surface area contributed by atoms with E-state index in [4.69, 9.17) is 9.47 Å². The minimum absolute atomic E-state index is 0.0139. The molecule has 0 saturated heterocycles. The van der Waals surface area contributed by atoms with E-state index >= 15 is 0 Å². The number of nitrogens with one attached hydrogen (secondary N) is 1. The number of carbonyl (C=O) groups is 2. The molecule has 0 heterocycles. The van der Waals surface area contributed by atoms with Crippen molar-refractivity contribution in [2.75, 3.05) is 29.9 Å². The van der Waals surface area contributed by atoms with Crippen LogP contribution < -0.4 is 14.4 Å². The van der Waals surface area contributed by atoms with Gasteiger partial charge in [0.2, 0.25) is 0 Å². The van der Waals surface area contributed by atoms with Crippen LogP contribution in [-0.2, 0) is 19.6 Å². The molecule has 3 rings (SSSR count). The van der Waals surface area contributed by atoms with Crippen LogP contribution in [0.4, 0.5) is 11.4 Å². The molecule has 172 valence electrons. The molecule has 8 nitrogen and oxygen atoms in total. The van der Waals surface area contributed by atoms with Crippen LogP contribution in [0.25, 0.3) is 0 Å². The van der Waals surface area contributed by atoms with Crippen LogP contribution in [-0.4, -0.2) is 40.6 Å². The number of carbonyl (C=O) groups excluding carboxylic acids is 2. The Morgan fingerprint density at radius 2 is 1.64 bits per heavy atom. The normalized spacial score (nSPS) is 10.8. The molecule has 0 saturated carbocycles. The zero-order valence-electron chi connectivity index (χ0n) is 18.2. The predicted molar refractivity (Wildman–Crippen MR) is 125 cm³/mol. The fraction of sp³-hybridized carbons (Fsp3) is 0.167. The lowest BCUT2D eigenvalue weighted by Crippen LogP contribution is -2.26. The summed E-state index contributed by atoms with van der Waals surface area (Å²) in [5.41, 5.74) is 0.951. The van der Waals surface area contributed by atoms with Crippen LogP contribution in [0.3, 0.4) is 0 Å². The molecule has 0 aliphatic heterocycles. The number of para-hydroxylation sites is 3. The van der Waals surface area contributed by atoms with Crippen LogP contribution in [0.15, 0.2) is 83.8 Å². The van der Waals surface area contributed by atoms with Gasteiger partial charge in [0.15, 0.2) is 6.61 Å². The number of sulfonamides is 1. The third kappa shape index (κ3) is 5.89. The van der Waals surface area contributed by atoms with Gasteiger partial charge < -0.3 is 14.8 Å². The highest BCUT2D eigenvalue weighted by Gasteiger charge is 2.23. The summed E-state index contributed by atoms with van der Waals surface area (Å²) in [6.07, 6.45) is 0. The summed E-state index contributed by atoms with van der Waals surface area (Å²) in [4.78, 5) is 24.6. The average molecular weight is 469 g/mol. The van der Waals surface area contributed by atoms with Crippen molar-refractivity contribution in [3.05, 3.63) is 84.4 Å². The van der Waals surface area contributed by atoms with Crippen LogP contribution in [0.1, 0.15) is 17.3 Å². The second kappa shape index (κ2) is 10.6. The van der Waals surface area contributed by atoms with Crippen molar-refractivity contribution in [3.63, 3.8) is 0 Å². The van der Waals surface area contributed by atoms with Gasteiger partial charge in [-0.05, 0) is 49.4 Å². The second-order valence-corrected chi connectivity index (χ2v) is 8.86. The molecule has 0 radical (unpaired) electrons. The third-order valence-electron chi connectivity index (χ3n) is 4.64. The first-order valence-corrected chi connectivity index (χ1v) is 11.6. The average Bonchev–Trinajstić information content (AvgIpc) is 2.84. The zero-order valence-corrected chi connectivity index (χ0v) is 19.0. The lowest BCUT2D eigenvalue weighted by molar-refractivity contribution is -0.119. The van der Waals surface area contributed by atoms with Gasteiger partial charge in [-0.15, -0.1) is 0 Å². The molecule has 0 fully saturated rings. The molecule has 33 heavy (non-hydrogen) atoms. The number of nitrogens with zero attached hydrogens (tertiary/aromatic N) is 1. The summed E-state index contributed by atoms with van der Waals surface area (Å²) in [5, 5.41) is 2.63. The van der Waals surface area contributed by atoms with Gasteiger partial charge in [-0.1, -0.05) is 36.4 Å². The van der Waals surface area contributed by atoms with Gasteiger partial charge in [0.05, 0.1) is 28.4 Å². The first-order chi connectivity index (χ1) is 15.8. The predicted octanol–water partition coefficient (Wildman–Crippen LogP) is 3.71. The van der Waals surface area contributed by atoms with E-state index in [1.165, 1.54) is 31.3 Å². The Kier molecular flexibility index (Phi) is 7.68. The summed E-state index contributed by atoms with van der Waals surface area (Å²) in [6, 6.07) is 20.9. The van der Waals surface area contributed by atoms with Crippen molar-refractivity contribution in [3.8, 4) is 5.75 Å². The highest BCUT2D eigenvalue weighted by Crippen LogP contribution is 2.24. The summed E-state index contributed by atoms with van der Waals surface area (Å²) < 4.78 is 37.6. The Balaban J connectivity index is 1.67. The Bertz CT molecular complexity index is 1230. The van der Waals surface area contributed by atoms with E-state index < -0.39 is 28.5 Å². The van der Waals surface area contributed by atoms with Crippen molar-refractivity contribution in [1.82, 2.24) is 0 Å². The van der Waals surface area contributed by atoms with E-state index in [0.717, 1.165) is 4.31 Å². The van der Waals surface area contributed by atoms with Crippen LogP contribution in [0, 0.1) is 0 Å². The number of ether oxygens (including phenoxy) is 2. The van der Waals surface area contributed by atoms with Gasteiger partial charge in [0.1, 0.15) is 5.75 Å². The van der Waals surface area contributed by atoms with Gasteiger partial charge in [-0.3, -0.25) is 9.10 Å². The molecule has 0 aromatic heterocycles. The van der Waals surface area contributed by atoms with Gasteiger partial charge in [0.25, 0.3) is 15.9 Å².